The number of carboxylic acid groups (broad SMARTS) is 1. The average Bonchev–Trinajstić information content (AvgIpc) is 3.71. The van der Waals surface area contributed by atoms with Crippen LogP contribution in [-0.2, 0) is 43.1 Å². The minimum Gasteiger partial charge on any atom is -0.481 e. The van der Waals surface area contributed by atoms with Crippen LogP contribution in [0.1, 0.15) is 118 Å². The fraction of sp³-hybridized carbons (Fsp3) is 0.556. The first-order valence-corrected chi connectivity index (χ1v) is 21.8. The van der Waals surface area contributed by atoms with E-state index in [0.717, 1.165) is 48.4 Å². The number of likely N-dealkylation sites (tertiary alicyclic amines) is 1. The van der Waals surface area contributed by atoms with Gasteiger partial charge < -0.3 is 25.4 Å². The van der Waals surface area contributed by atoms with Crippen LogP contribution in [-0.4, -0.2) is 87.3 Å². The smallest absolute Gasteiger partial charge is 0.416 e. The molecule has 4 rings (SSSR count). The summed E-state index contributed by atoms with van der Waals surface area (Å²) >= 11 is 1.08. The number of benzene rings is 2. The van der Waals surface area contributed by atoms with Gasteiger partial charge in [0.2, 0.25) is 11.8 Å². The molecule has 12 nitrogen and oxygen atoms in total. The molecule has 1 aliphatic heterocycles. The molecule has 0 bridgehead atoms. The van der Waals surface area contributed by atoms with Gasteiger partial charge in [-0.2, -0.15) is 13.2 Å². The molecule has 334 valence electrons. The fourth-order valence-corrected chi connectivity index (χ4v) is 8.51. The number of likely N-dealkylation sites (N-methyl/N-ethyl adjacent to an activating group) is 1. The first kappa shape index (κ1) is 48.8. The van der Waals surface area contributed by atoms with Crippen molar-refractivity contribution in [2.75, 3.05) is 13.6 Å². The van der Waals surface area contributed by atoms with Gasteiger partial charge in [-0.1, -0.05) is 89.9 Å². The molecule has 0 spiro atoms. The summed E-state index contributed by atoms with van der Waals surface area (Å²) in [7, 11) is 1.92. The maximum absolute atomic E-state index is 15.0. The zero-order chi connectivity index (χ0) is 45.0. The van der Waals surface area contributed by atoms with E-state index in [4.69, 9.17) is 4.74 Å². The second kappa shape index (κ2) is 22.3. The second-order valence-corrected chi connectivity index (χ2v) is 17.5. The average molecular weight is 872 g/mol. The number of halogens is 3. The predicted octanol–water partition coefficient (Wildman–Crippen LogP) is 7.68. The highest BCUT2D eigenvalue weighted by Gasteiger charge is 2.39. The van der Waals surface area contributed by atoms with E-state index in [0.29, 0.717) is 23.4 Å². The summed E-state index contributed by atoms with van der Waals surface area (Å²) in [6.07, 6.45) is -2.09. The number of esters is 1. The van der Waals surface area contributed by atoms with Crippen molar-refractivity contribution >= 4 is 41.0 Å². The number of hydrogen-bond acceptors (Lipinski definition) is 9. The molecule has 16 heteroatoms. The van der Waals surface area contributed by atoms with E-state index in [-0.39, 0.29) is 61.2 Å². The van der Waals surface area contributed by atoms with Crippen molar-refractivity contribution < 1.29 is 47.0 Å². The zero-order valence-electron chi connectivity index (χ0n) is 36.0. The second-order valence-electron chi connectivity index (χ2n) is 16.6. The Labute approximate surface area is 360 Å². The molecule has 1 aromatic heterocycles. The molecule has 0 saturated carbocycles. The van der Waals surface area contributed by atoms with Crippen LogP contribution in [0.4, 0.5) is 13.2 Å². The number of nitrogens with one attached hydrogen (secondary N) is 2. The van der Waals surface area contributed by atoms with Crippen LogP contribution in [0.15, 0.2) is 60.0 Å². The summed E-state index contributed by atoms with van der Waals surface area (Å²) in [4.78, 5) is 75.2. The highest BCUT2D eigenvalue weighted by Crippen LogP contribution is 2.33. The number of amides is 3. The van der Waals surface area contributed by atoms with Gasteiger partial charge in [-0.25, -0.2) is 4.98 Å². The Morgan fingerprint density at radius 2 is 1.64 bits per heavy atom. The Morgan fingerprint density at radius 1 is 0.967 bits per heavy atom. The molecule has 3 aromatic rings. The number of rotatable bonds is 20. The van der Waals surface area contributed by atoms with Crippen molar-refractivity contribution in [1.82, 2.24) is 25.4 Å². The minimum atomic E-state index is -4.53. The normalized spacial score (nSPS) is 17.7. The number of nitrogens with zero attached hydrogens (tertiary/aromatic N) is 3. The zero-order valence-corrected chi connectivity index (χ0v) is 36.9. The lowest BCUT2D eigenvalue weighted by atomic mass is 9.91. The number of piperidine rings is 1. The number of alkyl halides is 3. The first-order chi connectivity index (χ1) is 28.8. The van der Waals surface area contributed by atoms with Gasteiger partial charge in [0.05, 0.1) is 17.5 Å². The molecular weight excluding hydrogens is 812 g/mol. The molecule has 1 aliphatic rings. The first-order valence-electron chi connectivity index (χ1n) is 21.0. The van der Waals surface area contributed by atoms with E-state index in [9.17, 15) is 42.3 Å². The molecule has 3 amide bonds. The Hall–Kier alpha value is -4.83. The molecule has 1 fully saturated rings. The van der Waals surface area contributed by atoms with Crippen molar-refractivity contribution in [3.8, 4) is 0 Å². The molecule has 2 aromatic carbocycles. The van der Waals surface area contributed by atoms with Gasteiger partial charge in [0.25, 0.3) is 5.91 Å². The van der Waals surface area contributed by atoms with Crippen LogP contribution >= 0.6 is 11.3 Å². The highest BCUT2D eigenvalue weighted by molar-refractivity contribution is 7.09. The third-order valence-electron chi connectivity index (χ3n) is 11.5. The fourth-order valence-electron chi connectivity index (χ4n) is 7.67. The van der Waals surface area contributed by atoms with Crippen molar-refractivity contribution in [3.63, 3.8) is 0 Å². The van der Waals surface area contributed by atoms with Gasteiger partial charge in [-0.05, 0) is 74.4 Å². The van der Waals surface area contributed by atoms with Crippen LogP contribution < -0.4 is 10.6 Å². The van der Waals surface area contributed by atoms with Gasteiger partial charge >= 0.3 is 18.1 Å². The number of carbonyl (C=O) groups is 5. The van der Waals surface area contributed by atoms with Crippen LogP contribution in [0, 0.1) is 17.8 Å². The lowest BCUT2D eigenvalue weighted by Gasteiger charge is -2.40. The van der Waals surface area contributed by atoms with Crippen LogP contribution in [0.3, 0.4) is 0 Å². The molecule has 1 saturated heterocycles. The molecular formula is C45H60F3N5O7S. The van der Waals surface area contributed by atoms with Crippen molar-refractivity contribution in [3.05, 3.63) is 87.4 Å². The summed E-state index contributed by atoms with van der Waals surface area (Å²) < 4.78 is 45.5. The van der Waals surface area contributed by atoms with Crippen LogP contribution in [0.2, 0.25) is 0 Å². The number of carboxylic acids is 1. The van der Waals surface area contributed by atoms with Gasteiger partial charge in [-0.3, -0.25) is 28.9 Å². The van der Waals surface area contributed by atoms with Gasteiger partial charge in [-0.15, -0.1) is 11.3 Å². The molecule has 0 aliphatic carbocycles. The van der Waals surface area contributed by atoms with Crippen molar-refractivity contribution in [2.24, 2.45) is 17.8 Å². The maximum Gasteiger partial charge on any atom is 0.416 e. The lowest BCUT2D eigenvalue weighted by molar-refractivity contribution is -0.150. The quantitative estimate of drug-likeness (QED) is 0.0970. The summed E-state index contributed by atoms with van der Waals surface area (Å²) in [6, 6.07) is 11.5. The predicted molar refractivity (Wildman–Crippen MR) is 226 cm³/mol. The number of thiazole rings is 1. The van der Waals surface area contributed by atoms with Crippen molar-refractivity contribution in [2.45, 2.75) is 129 Å². The van der Waals surface area contributed by atoms with E-state index < -0.39 is 59.7 Å². The highest BCUT2D eigenvalue weighted by atomic mass is 32.1. The summed E-state index contributed by atoms with van der Waals surface area (Å²) in [5.41, 5.74) is 0.479. The molecule has 7 atom stereocenters. The number of aliphatic carboxylic acids is 1. The van der Waals surface area contributed by atoms with E-state index in [1.165, 1.54) is 31.4 Å². The minimum absolute atomic E-state index is 0.00797. The topological polar surface area (TPSA) is 158 Å². The molecule has 61 heavy (non-hydrogen) atoms. The van der Waals surface area contributed by atoms with Crippen LogP contribution in [0.25, 0.3) is 0 Å². The van der Waals surface area contributed by atoms with Gasteiger partial charge in [0.15, 0.2) is 6.10 Å². The van der Waals surface area contributed by atoms with E-state index in [1.807, 2.05) is 70.0 Å². The van der Waals surface area contributed by atoms with Crippen LogP contribution in [0.5, 0.6) is 0 Å². The molecule has 0 radical (unpaired) electrons. The Kier molecular flexibility index (Phi) is 17.9. The largest absolute Gasteiger partial charge is 0.481 e. The van der Waals surface area contributed by atoms with E-state index >= 15 is 0 Å². The molecule has 2 heterocycles. The summed E-state index contributed by atoms with van der Waals surface area (Å²) in [6.45, 7) is 11.6. The molecule has 7 unspecified atom stereocenters. The van der Waals surface area contributed by atoms with E-state index in [1.54, 1.807) is 4.90 Å². The van der Waals surface area contributed by atoms with Crippen molar-refractivity contribution in [1.29, 1.82) is 0 Å². The Morgan fingerprint density at radius 3 is 2.21 bits per heavy atom. The van der Waals surface area contributed by atoms with E-state index in [2.05, 4.69) is 15.6 Å². The summed E-state index contributed by atoms with van der Waals surface area (Å²) in [5, 5.41) is 17.3. The molecule has 3 N–H and O–H groups in total. The number of ether oxygens (including phenoxy) is 1. The van der Waals surface area contributed by atoms with Gasteiger partial charge in [0, 0.05) is 37.4 Å². The maximum atomic E-state index is 15.0. The Balaban J connectivity index is 1.64. The standard InChI is InChI=1S/C45H60F3N5O7S/c1-8-28(4)39(51-41(56)36-16-12-13-21-52(36)7)43(57)53(25-32-14-10-9-11-15-32)37(27(2)3)24-38(60-30(6)54)42-50-35(26-61-42)40(55)49-34(22-29(5)44(58)59)23-31-17-19-33(20-18-31)45(46,47)48/h9-11,14-15,17-20,26-29,34,36-39H,8,12-13,16,21-25H2,1-7H3,(H,49,55)(H,51,56)(H,58,59). The number of hydrogen-bond donors (Lipinski definition) is 3. The monoisotopic (exact) mass is 871 g/mol. The number of aromatic nitrogens is 1. The number of carbonyl (C=O) groups excluding carboxylic acids is 4. The van der Waals surface area contributed by atoms with Gasteiger partial charge in [0.1, 0.15) is 16.7 Å². The third-order valence-corrected chi connectivity index (χ3v) is 12.4. The lowest BCUT2D eigenvalue weighted by Crippen LogP contribution is -2.58. The Bertz CT molecular complexity index is 1930. The summed E-state index contributed by atoms with van der Waals surface area (Å²) in [5.74, 6) is -4.05. The SMILES string of the molecule is CCC(C)C(NC(=O)C1CCCCN1C)C(=O)N(Cc1ccccc1)C(CC(OC(C)=O)c1nc(C(=O)NC(Cc2ccc(C(F)(F)F)cc2)CC(C)C(=O)O)cs1)C(C)C. The third kappa shape index (κ3) is 14.1.